The number of rotatable bonds is 2. The van der Waals surface area contributed by atoms with E-state index in [0.717, 1.165) is 35.3 Å². The third-order valence-corrected chi connectivity index (χ3v) is 10.9. The third kappa shape index (κ3) is 10.3. The average Bonchev–Trinajstić information content (AvgIpc) is 3.79. The maximum absolute atomic E-state index is 15.1. The highest BCUT2D eigenvalue weighted by Crippen LogP contribution is 2.48. The van der Waals surface area contributed by atoms with Crippen LogP contribution in [0.5, 0.6) is 0 Å². The fraction of sp³-hybridized carbons (Fsp3) is 0.421. The lowest BCUT2D eigenvalue weighted by Gasteiger charge is -2.31. The van der Waals surface area contributed by atoms with Gasteiger partial charge in [-0.25, -0.2) is 28.3 Å². The van der Waals surface area contributed by atoms with Crippen molar-refractivity contribution in [3.05, 3.63) is 64.0 Å². The first-order valence-electron chi connectivity index (χ1n) is 17.2. The quantitative estimate of drug-likeness (QED) is 0.184. The summed E-state index contributed by atoms with van der Waals surface area (Å²) in [6.07, 6.45) is -3.47. The number of anilines is 1. The predicted molar refractivity (Wildman–Crippen MR) is 209 cm³/mol. The molecule has 5 aromatic rings. The number of carbonyl (C=O) groups is 3. The first-order chi connectivity index (χ1) is 25.4. The van der Waals surface area contributed by atoms with Gasteiger partial charge in [-0.1, -0.05) is 24.3 Å². The number of carbonyl (C=O) groups excluding carboxylic acids is 3. The molecule has 0 spiro atoms. The molecule has 2 N–H and O–H groups in total. The van der Waals surface area contributed by atoms with Crippen LogP contribution in [0.1, 0.15) is 69.6 Å². The molecule has 2 unspecified atom stereocenters. The summed E-state index contributed by atoms with van der Waals surface area (Å²) in [6.45, 7) is 10.9. The highest BCUT2D eigenvalue weighted by molar-refractivity contribution is 7.22. The number of amides is 2. The standard InChI is InChI=1S/C19H20FN3O2S2.C10H16FNO3.C9H6N2S/c1-19(2,3)25-18(24)23-8-10(20)14-13(9-23)26-16(21)15(14)17-22-11-6-4-5-7-12(11)27-17;1-10(2,3)15-9(14)12-5-4-8(13)7(11)6-12;10-6-5-9-11-7-3-1-2-4-8(7)12-9/h4-7,10H,8-9,21H2,1-3H3;7H,4-6H2,1-3H3;1-4H,5H2. The summed E-state index contributed by atoms with van der Waals surface area (Å²) in [5, 5.41) is 10.6. The van der Waals surface area contributed by atoms with Gasteiger partial charge in [0.15, 0.2) is 12.0 Å². The van der Waals surface area contributed by atoms with Crippen LogP contribution in [0.4, 0.5) is 23.4 Å². The summed E-state index contributed by atoms with van der Waals surface area (Å²) in [4.78, 5) is 47.1. The molecule has 5 heterocycles. The molecule has 2 atom stereocenters. The molecule has 0 bridgehead atoms. The van der Waals surface area contributed by atoms with E-state index >= 15 is 4.39 Å². The number of nitriles is 1. The Hall–Kier alpha value is -4.72. The Morgan fingerprint density at radius 3 is 1.98 bits per heavy atom. The normalized spacial score (nSPS) is 17.1. The fourth-order valence-electron chi connectivity index (χ4n) is 5.49. The number of ketones is 1. The summed E-state index contributed by atoms with van der Waals surface area (Å²) in [6, 6.07) is 17.8. The number of nitrogens with zero attached hydrogens (tertiary/aromatic N) is 5. The number of halogens is 2. The smallest absolute Gasteiger partial charge is 0.410 e. The zero-order valence-corrected chi connectivity index (χ0v) is 33.3. The zero-order valence-electron chi connectivity index (χ0n) is 30.9. The van der Waals surface area contributed by atoms with E-state index in [0.29, 0.717) is 29.1 Å². The van der Waals surface area contributed by atoms with Crippen LogP contribution in [0.2, 0.25) is 0 Å². The van der Waals surface area contributed by atoms with Crippen molar-refractivity contribution in [2.45, 2.75) is 84.5 Å². The SMILES string of the molecule is CC(C)(C)OC(=O)N1CCC(=O)C(F)C1.CC(C)(C)OC(=O)N1Cc2sc(N)c(-c3nc4ccccc4s3)c2C(F)C1.N#CCc1nc2ccccc2s1. The van der Waals surface area contributed by atoms with Crippen LogP contribution in [0.3, 0.4) is 0 Å². The Balaban J connectivity index is 0.000000175. The van der Waals surface area contributed by atoms with Crippen molar-refractivity contribution in [3.8, 4) is 16.6 Å². The molecule has 0 saturated carbocycles. The molecule has 2 aromatic carbocycles. The minimum atomic E-state index is -1.56. The number of alkyl halides is 2. The molecule has 3 aromatic heterocycles. The number of thiazole rings is 2. The highest BCUT2D eigenvalue weighted by Gasteiger charge is 2.36. The van der Waals surface area contributed by atoms with Crippen molar-refractivity contribution in [1.29, 1.82) is 5.26 Å². The molecular formula is C38H42F2N6O5S3. The molecule has 2 aliphatic heterocycles. The van der Waals surface area contributed by atoms with Crippen molar-refractivity contribution >= 4 is 77.4 Å². The summed E-state index contributed by atoms with van der Waals surface area (Å²) in [7, 11) is 0. The third-order valence-electron chi connectivity index (χ3n) is 7.82. The lowest BCUT2D eigenvalue weighted by molar-refractivity contribution is -0.127. The number of hydrogen-bond acceptors (Lipinski definition) is 12. The second-order valence-electron chi connectivity index (χ2n) is 14.5. The number of para-hydroxylation sites is 2. The maximum Gasteiger partial charge on any atom is 0.410 e. The summed E-state index contributed by atoms with van der Waals surface area (Å²) < 4.78 is 40.8. The van der Waals surface area contributed by atoms with Crippen molar-refractivity contribution in [3.63, 3.8) is 0 Å². The number of piperidine rings is 1. The topological polar surface area (TPSA) is 152 Å². The summed E-state index contributed by atoms with van der Waals surface area (Å²) >= 11 is 4.41. The van der Waals surface area contributed by atoms with Gasteiger partial charge in [0.25, 0.3) is 0 Å². The minimum Gasteiger partial charge on any atom is -0.444 e. The van der Waals surface area contributed by atoms with Gasteiger partial charge in [0, 0.05) is 23.4 Å². The van der Waals surface area contributed by atoms with E-state index in [1.807, 2.05) is 48.5 Å². The first-order valence-corrected chi connectivity index (χ1v) is 19.6. The average molecular weight is 797 g/mol. The summed E-state index contributed by atoms with van der Waals surface area (Å²) in [5.74, 6) is -0.435. The monoisotopic (exact) mass is 796 g/mol. The van der Waals surface area contributed by atoms with Crippen molar-refractivity contribution < 1.29 is 32.6 Å². The number of aromatic nitrogens is 2. The Morgan fingerprint density at radius 2 is 1.43 bits per heavy atom. The molecule has 16 heteroatoms. The lowest BCUT2D eigenvalue weighted by Crippen LogP contribution is -2.47. The molecule has 286 valence electrons. The number of thiophene rings is 1. The first kappa shape index (κ1) is 40.5. The second kappa shape index (κ2) is 16.7. The molecule has 1 fully saturated rings. The van der Waals surface area contributed by atoms with Gasteiger partial charge in [-0.15, -0.1) is 34.0 Å². The van der Waals surface area contributed by atoms with E-state index in [2.05, 4.69) is 16.0 Å². The van der Waals surface area contributed by atoms with Crippen LogP contribution >= 0.6 is 34.0 Å². The number of ether oxygens (including phenoxy) is 2. The largest absolute Gasteiger partial charge is 0.444 e. The van der Waals surface area contributed by atoms with E-state index in [-0.39, 0.29) is 26.1 Å². The van der Waals surface area contributed by atoms with E-state index in [9.17, 15) is 18.8 Å². The number of fused-ring (bicyclic) bond motifs is 3. The molecule has 7 rings (SSSR count). The van der Waals surface area contributed by atoms with E-state index < -0.39 is 41.5 Å². The van der Waals surface area contributed by atoms with Gasteiger partial charge >= 0.3 is 12.2 Å². The number of hydrogen-bond donors (Lipinski definition) is 1. The number of Topliss-reactive ketones (excluding diaryl/α,β-unsaturated/α-hetero) is 1. The van der Waals surface area contributed by atoms with E-state index in [1.165, 1.54) is 32.5 Å². The van der Waals surface area contributed by atoms with Gasteiger partial charge in [-0.05, 0) is 65.8 Å². The second-order valence-corrected chi connectivity index (χ2v) is 17.8. The van der Waals surface area contributed by atoms with Gasteiger partial charge in [0.05, 0.1) is 63.1 Å². The van der Waals surface area contributed by atoms with Crippen LogP contribution < -0.4 is 5.73 Å². The highest BCUT2D eigenvalue weighted by atomic mass is 32.1. The van der Waals surface area contributed by atoms with E-state index in [4.69, 9.17) is 20.5 Å². The van der Waals surface area contributed by atoms with Crippen molar-refractivity contribution in [2.24, 2.45) is 0 Å². The van der Waals surface area contributed by atoms with Crippen molar-refractivity contribution in [1.82, 2.24) is 19.8 Å². The van der Waals surface area contributed by atoms with Crippen LogP contribution in [0, 0.1) is 11.3 Å². The number of benzene rings is 2. The Bertz CT molecular complexity index is 2120. The molecule has 0 aliphatic carbocycles. The van der Waals surface area contributed by atoms with Crippen LogP contribution in [0.15, 0.2) is 48.5 Å². The van der Waals surface area contributed by atoms with Crippen LogP contribution in [-0.4, -0.2) is 74.7 Å². The Kier molecular flexibility index (Phi) is 12.5. The van der Waals surface area contributed by atoms with Gasteiger partial charge in [-0.3, -0.25) is 9.69 Å². The van der Waals surface area contributed by atoms with Gasteiger partial charge in [-0.2, -0.15) is 5.26 Å². The predicted octanol–water partition coefficient (Wildman–Crippen LogP) is 9.27. The van der Waals surface area contributed by atoms with Gasteiger partial charge < -0.3 is 20.1 Å². The number of nitrogens with two attached hydrogens (primary N) is 1. The van der Waals surface area contributed by atoms with Gasteiger partial charge in [0.2, 0.25) is 0 Å². The number of nitrogen functional groups attached to an aromatic ring is 1. The molecule has 2 amide bonds. The summed E-state index contributed by atoms with van der Waals surface area (Å²) in [5.41, 5.74) is 8.14. The van der Waals surface area contributed by atoms with E-state index in [1.54, 1.807) is 52.9 Å². The lowest BCUT2D eigenvalue weighted by atomic mass is 10.0. The molecular weight excluding hydrogens is 755 g/mol. The minimum absolute atomic E-state index is 0.0457. The Labute approximate surface area is 324 Å². The fourth-order valence-corrected chi connectivity index (χ4v) is 8.63. The molecule has 1 saturated heterocycles. The van der Waals surface area contributed by atoms with Gasteiger partial charge in [0.1, 0.15) is 27.4 Å². The molecule has 54 heavy (non-hydrogen) atoms. The maximum atomic E-state index is 15.1. The van der Waals surface area contributed by atoms with Crippen LogP contribution in [-0.2, 0) is 27.2 Å². The molecule has 0 radical (unpaired) electrons. The van der Waals surface area contributed by atoms with Crippen LogP contribution in [0.25, 0.3) is 31.0 Å². The molecule has 2 aliphatic rings. The number of likely N-dealkylation sites (tertiary alicyclic amines) is 1. The molecule has 11 nitrogen and oxygen atoms in total. The Morgan fingerprint density at radius 1 is 0.870 bits per heavy atom. The van der Waals surface area contributed by atoms with Crippen molar-refractivity contribution in [2.75, 3.05) is 25.4 Å². The zero-order chi connectivity index (χ0) is 39.4.